The summed E-state index contributed by atoms with van der Waals surface area (Å²) < 4.78 is 5.47. The lowest BCUT2D eigenvalue weighted by molar-refractivity contribution is 0.0734. The largest absolute Gasteiger partial charge is 0.422 e. The van der Waals surface area contributed by atoms with Gasteiger partial charge in [-0.1, -0.05) is 57.2 Å². The minimum absolute atomic E-state index is 0.314. The number of hydrogen-bond acceptors (Lipinski definition) is 3. The van der Waals surface area contributed by atoms with Crippen LogP contribution in [0.15, 0.2) is 42.5 Å². The van der Waals surface area contributed by atoms with Gasteiger partial charge in [0.15, 0.2) is 0 Å². The molecule has 3 heteroatoms. The van der Waals surface area contributed by atoms with Gasteiger partial charge in [-0.15, -0.1) is 0 Å². The molecule has 0 atom stereocenters. The predicted octanol–water partition coefficient (Wildman–Crippen LogP) is 7.33. The second-order valence-electron chi connectivity index (χ2n) is 8.69. The zero-order valence-electron chi connectivity index (χ0n) is 18.3. The highest BCUT2D eigenvalue weighted by atomic mass is 16.5. The van der Waals surface area contributed by atoms with Gasteiger partial charge in [0.1, 0.15) is 11.8 Å². The lowest BCUT2D eigenvalue weighted by Gasteiger charge is -2.29. The van der Waals surface area contributed by atoms with Gasteiger partial charge in [0.05, 0.1) is 11.1 Å². The van der Waals surface area contributed by atoms with Crippen LogP contribution in [0.5, 0.6) is 5.75 Å². The molecule has 1 fully saturated rings. The molecule has 0 amide bonds. The van der Waals surface area contributed by atoms with Crippen LogP contribution < -0.4 is 4.74 Å². The minimum atomic E-state index is -0.419. The van der Waals surface area contributed by atoms with E-state index in [4.69, 9.17) is 4.74 Å². The molecule has 3 rings (SSSR count). The molecule has 30 heavy (non-hydrogen) atoms. The zero-order chi connectivity index (χ0) is 21.3. The molecular weight excluding hydrogens is 370 g/mol. The standard InChI is InChI=1S/C27H33NO2/c1-3-4-5-6-7-21-9-11-22(12-10-21)23-13-15-24(16-14-23)27(29)30-26-17-8-20(2)18-25(26)19-28/h8,13-18,21-22H,3-7,9-12H2,1-2H3. The van der Waals surface area contributed by atoms with Crippen LogP contribution in [0.4, 0.5) is 0 Å². The Bertz CT molecular complexity index is 871. The Morgan fingerprint density at radius 1 is 1.03 bits per heavy atom. The molecule has 0 saturated heterocycles. The van der Waals surface area contributed by atoms with Crippen molar-refractivity contribution in [1.82, 2.24) is 0 Å². The average molecular weight is 404 g/mol. The Labute approximate surface area is 181 Å². The van der Waals surface area contributed by atoms with Gasteiger partial charge in [-0.3, -0.25) is 0 Å². The summed E-state index contributed by atoms with van der Waals surface area (Å²) in [6.07, 6.45) is 12.0. The number of unbranched alkanes of at least 4 members (excludes halogenated alkanes) is 3. The topological polar surface area (TPSA) is 50.1 Å². The van der Waals surface area contributed by atoms with Crippen molar-refractivity contribution in [2.24, 2.45) is 5.92 Å². The number of esters is 1. The molecule has 0 radical (unpaired) electrons. The van der Waals surface area contributed by atoms with Gasteiger partial charge in [0.25, 0.3) is 0 Å². The summed E-state index contributed by atoms with van der Waals surface area (Å²) in [5.74, 6) is 1.40. The second kappa shape index (κ2) is 11.0. The number of hydrogen-bond donors (Lipinski definition) is 0. The highest BCUT2D eigenvalue weighted by molar-refractivity contribution is 5.91. The molecule has 1 aliphatic carbocycles. The summed E-state index contributed by atoms with van der Waals surface area (Å²) in [6.45, 7) is 4.17. The lowest BCUT2D eigenvalue weighted by Crippen LogP contribution is -2.14. The quantitative estimate of drug-likeness (QED) is 0.263. The van der Waals surface area contributed by atoms with Gasteiger partial charge in [-0.2, -0.15) is 5.26 Å². The SMILES string of the molecule is CCCCCCC1CCC(c2ccc(C(=O)Oc3ccc(C)cc3C#N)cc2)CC1. The molecule has 1 saturated carbocycles. The molecule has 158 valence electrons. The first-order valence-corrected chi connectivity index (χ1v) is 11.4. The third-order valence-corrected chi connectivity index (χ3v) is 6.39. The maximum Gasteiger partial charge on any atom is 0.343 e. The van der Waals surface area contributed by atoms with Crippen molar-refractivity contribution in [1.29, 1.82) is 5.26 Å². The highest BCUT2D eigenvalue weighted by Gasteiger charge is 2.22. The summed E-state index contributed by atoms with van der Waals surface area (Å²) in [7, 11) is 0. The smallest absolute Gasteiger partial charge is 0.343 e. The Morgan fingerprint density at radius 3 is 2.43 bits per heavy atom. The molecule has 0 heterocycles. The third kappa shape index (κ3) is 5.95. The van der Waals surface area contributed by atoms with Crippen LogP contribution >= 0.6 is 0 Å². The van der Waals surface area contributed by atoms with Gasteiger partial charge in [0, 0.05) is 0 Å². The van der Waals surface area contributed by atoms with E-state index in [9.17, 15) is 10.1 Å². The summed E-state index contributed by atoms with van der Waals surface area (Å²) >= 11 is 0. The molecule has 0 bridgehead atoms. The van der Waals surface area contributed by atoms with Crippen molar-refractivity contribution in [3.63, 3.8) is 0 Å². The first-order chi connectivity index (χ1) is 14.6. The van der Waals surface area contributed by atoms with Gasteiger partial charge in [0.2, 0.25) is 0 Å². The number of aryl methyl sites for hydroxylation is 1. The zero-order valence-corrected chi connectivity index (χ0v) is 18.3. The number of carbonyl (C=O) groups is 1. The predicted molar refractivity (Wildman–Crippen MR) is 121 cm³/mol. The van der Waals surface area contributed by atoms with E-state index in [-0.39, 0.29) is 0 Å². The van der Waals surface area contributed by atoms with E-state index < -0.39 is 5.97 Å². The van der Waals surface area contributed by atoms with Gasteiger partial charge in [-0.05, 0) is 79.8 Å². The molecule has 2 aromatic rings. The molecule has 3 nitrogen and oxygen atoms in total. The Hall–Kier alpha value is -2.60. The number of nitrogens with zero attached hydrogens (tertiary/aromatic N) is 1. The van der Waals surface area contributed by atoms with Crippen molar-refractivity contribution < 1.29 is 9.53 Å². The van der Waals surface area contributed by atoms with Gasteiger partial charge < -0.3 is 4.74 Å². The molecule has 1 aliphatic rings. The summed E-state index contributed by atoms with van der Waals surface area (Å²) in [6, 6.07) is 15.2. The maximum atomic E-state index is 12.5. The van der Waals surface area contributed by atoms with Crippen molar-refractivity contribution in [3.8, 4) is 11.8 Å². The summed E-state index contributed by atoms with van der Waals surface area (Å²) in [4.78, 5) is 12.5. The Kier molecular flexibility index (Phi) is 8.08. The molecular formula is C27H33NO2. The van der Waals surface area contributed by atoms with E-state index in [2.05, 4.69) is 25.1 Å². The van der Waals surface area contributed by atoms with Crippen LogP contribution in [0, 0.1) is 24.2 Å². The number of carbonyl (C=O) groups excluding carboxylic acids is 1. The normalized spacial score (nSPS) is 18.6. The van der Waals surface area contributed by atoms with E-state index in [0.29, 0.717) is 22.8 Å². The maximum absolute atomic E-state index is 12.5. The second-order valence-corrected chi connectivity index (χ2v) is 8.69. The first kappa shape index (κ1) is 22.1. The first-order valence-electron chi connectivity index (χ1n) is 11.4. The van der Waals surface area contributed by atoms with Crippen molar-refractivity contribution in [3.05, 3.63) is 64.7 Å². The van der Waals surface area contributed by atoms with E-state index in [1.54, 1.807) is 12.1 Å². The van der Waals surface area contributed by atoms with Crippen LogP contribution in [-0.4, -0.2) is 5.97 Å². The molecule has 0 aromatic heterocycles. The molecule has 0 spiro atoms. The van der Waals surface area contributed by atoms with E-state index in [0.717, 1.165) is 11.5 Å². The summed E-state index contributed by atoms with van der Waals surface area (Å²) in [5.41, 5.74) is 3.19. The van der Waals surface area contributed by atoms with E-state index in [1.165, 1.54) is 63.4 Å². The summed E-state index contributed by atoms with van der Waals surface area (Å²) in [5, 5.41) is 9.26. The lowest BCUT2D eigenvalue weighted by atomic mass is 9.77. The van der Waals surface area contributed by atoms with Crippen molar-refractivity contribution in [2.45, 2.75) is 77.6 Å². The fraction of sp³-hybridized carbons (Fsp3) is 0.481. The third-order valence-electron chi connectivity index (χ3n) is 6.39. The Morgan fingerprint density at radius 2 is 1.77 bits per heavy atom. The molecule has 0 aliphatic heterocycles. The Balaban J connectivity index is 1.53. The minimum Gasteiger partial charge on any atom is -0.422 e. The van der Waals surface area contributed by atoms with Crippen LogP contribution in [0.2, 0.25) is 0 Å². The number of nitriles is 1. The van der Waals surface area contributed by atoms with E-state index in [1.807, 2.05) is 25.1 Å². The fourth-order valence-corrected chi connectivity index (χ4v) is 4.51. The van der Waals surface area contributed by atoms with E-state index >= 15 is 0 Å². The number of ether oxygens (including phenoxy) is 1. The molecule has 0 unspecified atom stereocenters. The number of benzene rings is 2. The van der Waals surface area contributed by atoms with Crippen molar-refractivity contribution in [2.75, 3.05) is 0 Å². The highest BCUT2D eigenvalue weighted by Crippen LogP contribution is 2.37. The monoisotopic (exact) mass is 403 g/mol. The van der Waals surface area contributed by atoms with Crippen LogP contribution in [0.25, 0.3) is 0 Å². The van der Waals surface area contributed by atoms with Crippen LogP contribution in [0.1, 0.15) is 97.7 Å². The molecule has 0 N–H and O–H groups in total. The number of rotatable bonds is 8. The van der Waals surface area contributed by atoms with Gasteiger partial charge in [-0.25, -0.2) is 4.79 Å². The molecule has 2 aromatic carbocycles. The average Bonchev–Trinajstić information content (AvgIpc) is 2.78. The van der Waals surface area contributed by atoms with Crippen LogP contribution in [-0.2, 0) is 0 Å². The van der Waals surface area contributed by atoms with Crippen LogP contribution in [0.3, 0.4) is 0 Å². The van der Waals surface area contributed by atoms with Crippen molar-refractivity contribution >= 4 is 5.97 Å². The van der Waals surface area contributed by atoms with Gasteiger partial charge >= 0.3 is 5.97 Å². The fourth-order valence-electron chi connectivity index (χ4n) is 4.51.